The fourth-order valence-corrected chi connectivity index (χ4v) is 1.83. The van der Waals surface area contributed by atoms with E-state index < -0.39 is 0 Å². The molecule has 0 saturated carbocycles. The molecule has 0 aromatic carbocycles. The molecule has 90 valence electrons. The first-order valence-electron chi connectivity index (χ1n) is 5.96. The second-order valence-corrected chi connectivity index (χ2v) is 4.78. The second-order valence-electron chi connectivity index (χ2n) is 4.78. The van der Waals surface area contributed by atoms with Crippen LogP contribution in [0.3, 0.4) is 0 Å². The first-order chi connectivity index (χ1) is 7.68. The molecule has 0 aromatic rings. The van der Waals surface area contributed by atoms with E-state index in [1.54, 1.807) is 0 Å². The number of nitrogens with one attached hydrogen (secondary N) is 1. The molecule has 0 radical (unpaired) electrons. The second kappa shape index (κ2) is 4.91. The van der Waals surface area contributed by atoms with Gasteiger partial charge in [-0.25, -0.2) is 0 Å². The van der Waals surface area contributed by atoms with Gasteiger partial charge in [-0.15, -0.1) is 0 Å². The van der Waals surface area contributed by atoms with Crippen LogP contribution < -0.4 is 5.32 Å². The summed E-state index contributed by atoms with van der Waals surface area (Å²) in [5, 5.41) is 10.7. The molecule has 16 heavy (non-hydrogen) atoms. The number of rotatable bonds is 5. The van der Waals surface area contributed by atoms with E-state index >= 15 is 0 Å². The number of hydrogen-bond donors (Lipinski definition) is 1. The highest BCUT2D eigenvalue weighted by molar-refractivity contribution is 5.75. The molecule has 1 N–H and O–H groups in total. The largest absolute Gasteiger partial charge is 0.381 e. The first-order valence-corrected chi connectivity index (χ1v) is 5.96. The molecule has 0 aliphatic carbocycles. The molecule has 0 bridgehead atoms. The Labute approximate surface area is 95.6 Å². The Balaban J connectivity index is 1.56. The van der Waals surface area contributed by atoms with Crippen molar-refractivity contribution in [3.8, 4) is 0 Å². The Kier molecular flexibility index (Phi) is 3.53. The van der Waals surface area contributed by atoms with Gasteiger partial charge in [0.1, 0.15) is 0 Å². The SMILES string of the molecule is CC1(CCC(=O)NCC2CCOCC2)N=N1. The molecule has 0 aromatic heterocycles. The topological polar surface area (TPSA) is 63.0 Å². The van der Waals surface area contributed by atoms with Crippen LogP contribution >= 0.6 is 0 Å². The van der Waals surface area contributed by atoms with Gasteiger partial charge in [0.25, 0.3) is 0 Å². The fraction of sp³-hybridized carbons (Fsp3) is 0.909. The van der Waals surface area contributed by atoms with Crippen molar-refractivity contribution in [1.82, 2.24) is 5.32 Å². The summed E-state index contributed by atoms with van der Waals surface area (Å²) in [6, 6.07) is 0. The number of carbonyl (C=O) groups is 1. The van der Waals surface area contributed by atoms with Crippen LogP contribution in [0.15, 0.2) is 10.2 Å². The Morgan fingerprint density at radius 1 is 1.44 bits per heavy atom. The summed E-state index contributed by atoms with van der Waals surface area (Å²) in [4.78, 5) is 11.5. The fourth-order valence-electron chi connectivity index (χ4n) is 1.83. The van der Waals surface area contributed by atoms with E-state index in [0.717, 1.165) is 39.0 Å². The van der Waals surface area contributed by atoms with Gasteiger partial charge in [-0.1, -0.05) is 0 Å². The monoisotopic (exact) mass is 225 g/mol. The maximum Gasteiger partial charge on any atom is 0.220 e. The predicted octanol–water partition coefficient (Wildman–Crippen LogP) is 1.49. The lowest BCUT2D eigenvalue weighted by Gasteiger charge is -2.22. The van der Waals surface area contributed by atoms with E-state index in [1.165, 1.54) is 0 Å². The molecule has 0 unspecified atom stereocenters. The van der Waals surface area contributed by atoms with Gasteiger partial charge < -0.3 is 10.1 Å². The summed E-state index contributed by atoms with van der Waals surface area (Å²) in [6.45, 7) is 4.39. The standard InChI is InChI=1S/C11H19N3O2/c1-11(13-14-11)5-2-10(15)12-8-9-3-6-16-7-4-9/h9H,2-8H2,1H3,(H,12,15). The molecule has 0 spiro atoms. The number of ether oxygens (including phenoxy) is 1. The zero-order valence-corrected chi connectivity index (χ0v) is 9.74. The smallest absolute Gasteiger partial charge is 0.220 e. The molecular weight excluding hydrogens is 206 g/mol. The highest BCUT2D eigenvalue weighted by atomic mass is 16.5. The lowest BCUT2D eigenvalue weighted by Crippen LogP contribution is -2.32. The van der Waals surface area contributed by atoms with Gasteiger partial charge in [-0.2, -0.15) is 10.2 Å². The lowest BCUT2D eigenvalue weighted by atomic mass is 10.0. The zero-order valence-electron chi connectivity index (χ0n) is 9.74. The van der Waals surface area contributed by atoms with Gasteiger partial charge in [-0.05, 0) is 25.7 Å². The summed E-state index contributed by atoms with van der Waals surface area (Å²) in [5.74, 6) is 0.702. The minimum Gasteiger partial charge on any atom is -0.381 e. The van der Waals surface area contributed by atoms with Crippen LogP contribution in [0.2, 0.25) is 0 Å². The third-order valence-electron chi connectivity index (χ3n) is 3.20. The molecule has 1 amide bonds. The van der Waals surface area contributed by atoms with Crippen molar-refractivity contribution < 1.29 is 9.53 Å². The minimum absolute atomic E-state index is 0.116. The van der Waals surface area contributed by atoms with E-state index in [0.29, 0.717) is 12.3 Å². The van der Waals surface area contributed by atoms with Crippen molar-refractivity contribution in [2.75, 3.05) is 19.8 Å². The molecule has 2 heterocycles. The quantitative estimate of drug-likeness (QED) is 0.770. The molecule has 5 heteroatoms. The number of amides is 1. The Hall–Kier alpha value is -0.970. The Bertz CT molecular complexity index is 279. The molecule has 5 nitrogen and oxygen atoms in total. The number of carbonyl (C=O) groups excluding carboxylic acids is 1. The van der Waals surface area contributed by atoms with Gasteiger partial charge in [0.2, 0.25) is 5.91 Å². The summed E-state index contributed by atoms with van der Waals surface area (Å²) in [7, 11) is 0. The third-order valence-corrected chi connectivity index (χ3v) is 3.20. The highest BCUT2D eigenvalue weighted by Gasteiger charge is 2.33. The molecule has 2 aliphatic rings. The summed E-state index contributed by atoms with van der Waals surface area (Å²) >= 11 is 0. The van der Waals surface area contributed by atoms with Crippen molar-refractivity contribution in [1.29, 1.82) is 0 Å². The van der Waals surface area contributed by atoms with Gasteiger partial charge >= 0.3 is 0 Å². The minimum atomic E-state index is -0.254. The maximum absolute atomic E-state index is 11.5. The van der Waals surface area contributed by atoms with Crippen LogP contribution in [0.5, 0.6) is 0 Å². The predicted molar refractivity (Wildman–Crippen MR) is 59.0 cm³/mol. The Morgan fingerprint density at radius 3 is 2.75 bits per heavy atom. The molecule has 2 aliphatic heterocycles. The summed E-state index contributed by atoms with van der Waals surface area (Å²) < 4.78 is 5.27. The van der Waals surface area contributed by atoms with Crippen molar-refractivity contribution in [3.63, 3.8) is 0 Å². The Morgan fingerprint density at radius 2 is 2.12 bits per heavy atom. The summed E-state index contributed by atoms with van der Waals surface area (Å²) in [6.07, 6.45) is 3.37. The van der Waals surface area contributed by atoms with Crippen LogP contribution in [0, 0.1) is 5.92 Å². The molecular formula is C11H19N3O2. The van der Waals surface area contributed by atoms with Crippen LogP contribution in [0.1, 0.15) is 32.6 Å². The number of hydrogen-bond acceptors (Lipinski definition) is 4. The van der Waals surface area contributed by atoms with E-state index in [4.69, 9.17) is 4.74 Å². The van der Waals surface area contributed by atoms with Crippen molar-refractivity contribution in [3.05, 3.63) is 0 Å². The third kappa shape index (κ3) is 3.56. The normalized spacial score (nSPS) is 23.1. The van der Waals surface area contributed by atoms with Gasteiger partial charge in [0.05, 0.1) is 0 Å². The first kappa shape index (κ1) is 11.5. The van der Waals surface area contributed by atoms with E-state index in [-0.39, 0.29) is 11.6 Å². The van der Waals surface area contributed by atoms with E-state index in [1.807, 2.05) is 6.92 Å². The van der Waals surface area contributed by atoms with E-state index in [2.05, 4.69) is 15.5 Å². The van der Waals surface area contributed by atoms with Crippen LogP contribution in [0.4, 0.5) is 0 Å². The highest BCUT2D eigenvalue weighted by Crippen LogP contribution is 2.31. The number of nitrogens with zero attached hydrogens (tertiary/aromatic N) is 2. The van der Waals surface area contributed by atoms with Crippen molar-refractivity contribution in [2.45, 2.75) is 38.3 Å². The summed E-state index contributed by atoms with van der Waals surface area (Å²) in [5.41, 5.74) is -0.254. The maximum atomic E-state index is 11.5. The van der Waals surface area contributed by atoms with Crippen LogP contribution in [-0.4, -0.2) is 31.3 Å². The molecule has 2 rings (SSSR count). The van der Waals surface area contributed by atoms with Crippen molar-refractivity contribution >= 4 is 5.91 Å². The molecule has 1 fully saturated rings. The molecule has 1 saturated heterocycles. The average molecular weight is 225 g/mol. The van der Waals surface area contributed by atoms with E-state index in [9.17, 15) is 4.79 Å². The lowest BCUT2D eigenvalue weighted by molar-refractivity contribution is -0.121. The van der Waals surface area contributed by atoms with Gasteiger partial charge in [-0.3, -0.25) is 4.79 Å². The van der Waals surface area contributed by atoms with Gasteiger partial charge in [0.15, 0.2) is 5.66 Å². The zero-order chi connectivity index (χ0) is 11.4. The molecule has 0 atom stereocenters. The van der Waals surface area contributed by atoms with Crippen molar-refractivity contribution in [2.24, 2.45) is 16.1 Å². The van der Waals surface area contributed by atoms with Crippen LogP contribution in [-0.2, 0) is 9.53 Å². The average Bonchev–Trinajstić information content (AvgIpc) is 3.04. The van der Waals surface area contributed by atoms with Crippen LogP contribution in [0.25, 0.3) is 0 Å². The van der Waals surface area contributed by atoms with Gasteiger partial charge in [0, 0.05) is 32.6 Å².